The van der Waals surface area contributed by atoms with Crippen molar-refractivity contribution in [2.75, 3.05) is 5.43 Å². The van der Waals surface area contributed by atoms with Gasteiger partial charge in [0, 0.05) is 27.5 Å². The van der Waals surface area contributed by atoms with E-state index in [2.05, 4.69) is 5.43 Å². The van der Waals surface area contributed by atoms with Crippen LogP contribution in [0.1, 0.15) is 32.1 Å². The maximum Gasteiger partial charge on any atom is 0.270 e. The number of amides is 1. The first-order chi connectivity index (χ1) is 9.02. The molecular formula is C14H13ClN2O2. The van der Waals surface area contributed by atoms with Crippen LogP contribution in [0, 0.1) is 13.8 Å². The summed E-state index contributed by atoms with van der Waals surface area (Å²) in [6.07, 6.45) is 0.771. The Morgan fingerprint density at radius 2 is 1.89 bits per heavy atom. The van der Waals surface area contributed by atoms with Crippen molar-refractivity contribution in [1.29, 1.82) is 0 Å². The van der Waals surface area contributed by atoms with Crippen molar-refractivity contribution in [3.8, 4) is 0 Å². The van der Waals surface area contributed by atoms with Gasteiger partial charge in [0.2, 0.25) is 0 Å². The molecule has 1 N–H and O–H groups in total. The van der Waals surface area contributed by atoms with Crippen LogP contribution >= 0.6 is 11.6 Å². The number of benzene rings is 1. The Bertz CT molecular complexity index is 630. The van der Waals surface area contributed by atoms with E-state index in [4.69, 9.17) is 11.6 Å². The Balaban J connectivity index is 2.26. The van der Waals surface area contributed by atoms with E-state index in [0.29, 0.717) is 21.8 Å². The predicted molar refractivity (Wildman–Crippen MR) is 74.4 cm³/mol. The molecule has 4 nitrogen and oxygen atoms in total. The molecule has 0 aliphatic rings. The molecule has 0 aliphatic heterocycles. The lowest BCUT2D eigenvalue weighted by molar-refractivity contribution is 0.101. The minimum atomic E-state index is -0.254. The Hall–Kier alpha value is -2.07. The number of nitrogens with zero attached hydrogens (tertiary/aromatic N) is 1. The molecule has 0 radical (unpaired) electrons. The number of carbonyl (C=O) groups excluding carboxylic acids is 2. The van der Waals surface area contributed by atoms with Gasteiger partial charge >= 0.3 is 0 Å². The van der Waals surface area contributed by atoms with E-state index in [-0.39, 0.29) is 5.91 Å². The van der Waals surface area contributed by atoms with E-state index >= 15 is 0 Å². The summed E-state index contributed by atoms with van der Waals surface area (Å²) in [4.78, 5) is 22.9. The molecule has 0 fully saturated rings. The van der Waals surface area contributed by atoms with Gasteiger partial charge in [-0.25, -0.2) is 0 Å². The first-order valence-corrected chi connectivity index (χ1v) is 6.11. The third kappa shape index (κ3) is 2.69. The minimum absolute atomic E-state index is 0.254. The zero-order chi connectivity index (χ0) is 14.0. The van der Waals surface area contributed by atoms with Crippen molar-refractivity contribution in [3.05, 3.63) is 57.9 Å². The molecule has 1 aromatic carbocycles. The number of rotatable bonds is 3. The van der Waals surface area contributed by atoms with E-state index in [0.717, 1.165) is 12.0 Å². The number of halogens is 1. The van der Waals surface area contributed by atoms with Gasteiger partial charge in [0.1, 0.15) is 0 Å². The highest BCUT2D eigenvalue weighted by Crippen LogP contribution is 2.13. The standard InChI is InChI=1S/C14H13ClN2O2/c1-9-7-12(8-18)10(2)17(9)16-14(19)11-3-5-13(15)6-4-11/h3-8H,1-2H3,(H,16,19). The molecule has 0 saturated heterocycles. The van der Waals surface area contributed by atoms with E-state index < -0.39 is 0 Å². The zero-order valence-corrected chi connectivity index (χ0v) is 11.4. The minimum Gasteiger partial charge on any atom is -0.298 e. The van der Waals surface area contributed by atoms with E-state index in [9.17, 15) is 9.59 Å². The molecule has 0 saturated carbocycles. The molecule has 0 spiro atoms. The molecule has 98 valence electrons. The summed E-state index contributed by atoms with van der Waals surface area (Å²) >= 11 is 5.77. The molecule has 2 aromatic rings. The lowest BCUT2D eigenvalue weighted by atomic mass is 10.2. The third-order valence-corrected chi connectivity index (χ3v) is 3.17. The number of carbonyl (C=O) groups is 2. The number of hydrogen-bond donors (Lipinski definition) is 1. The van der Waals surface area contributed by atoms with Gasteiger partial charge in [0.15, 0.2) is 6.29 Å². The number of aryl methyl sites for hydroxylation is 1. The van der Waals surface area contributed by atoms with Crippen LogP contribution in [0.2, 0.25) is 5.02 Å². The molecule has 1 heterocycles. The van der Waals surface area contributed by atoms with Crippen LogP contribution in [-0.2, 0) is 0 Å². The van der Waals surface area contributed by atoms with Crippen LogP contribution in [0.15, 0.2) is 30.3 Å². The highest BCUT2D eigenvalue weighted by atomic mass is 35.5. The molecular weight excluding hydrogens is 264 g/mol. The maximum atomic E-state index is 12.1. The third-order valence-electron chi connectivity index (χ3n) is 2.92. The van der Waals surface area contributed by atoms with Crippen molar-refractivity contribution < 1.29 is 9.59 Å². The van der Waals surface area contributed by atoms with E-state index in [1.54, 1.807) is 41.9 Å². The first kappa shape index (κ1) is 13.4. The van der Waals surface area contributed by atoms with Crippen LogP contribution in [-0.4, -0.2) is 16.9 Å². The number of hydrogen-bond acceptors (Lipinski definition) is 2. The normalized spacial score (nSPS) is 10.3. The van der Waals surface area contributed by atoms with Gasteiger partial charge in [-0.1, -0.05) is 11.6 Å². The quantitative estimate of drug-likeness (QED) is 0.876. The highest BCUT2D eigenvalue weighted by Gasteiger charge is 2.12. The fourth-order valence-corrected chi connectivity index (χ4v) is 1.97. The largest absolute Gasteiger partial charge is 0.298 e. The summed E-state index contributed by atoms with van der Waals surface area (Å²) in [6, 6.07) is 8.33. The van der Waals surface area contributed by atoms with Crippen LogP contribution in [0.4, 0.5) is 0 Å². The zero-order valence-electron chi connectivity index (χ0n) is 10.6. The summed E-state index contributed by atoms with van der Waals surface area (Å²) in [5, 5.41) is 0.577. The summed E-state index contributed by atoms with van der Waals surface area (Å²) < 4.78 is 1.60. The van der Waals surface area contributed by atoms with Crippen LogP contribution < -0.4 is 5.43 Å². The van der Waals surface area contributed by atoms with Gasteiger partial charge in [0.05, 0.1) is 0 Å². The molecule has 5 heteroatoms. The van der Waals surface area contributed by atoms with E-state index in [1.165, 1.54) is 0 Å². The maximum absolute atomic E-state index is 12.1. The lowest BCUT2D eigenvalue weighted by Crippen LogP contribution is -2.24. The molecule has 0 atom stereocenters. The second-order valence-corrected chi connectivity index (χ2v) is 4.66. The fourth-order valence-electron chi connectivity index (χ4n) is 1.85. The molecule has 1 aromatic heterocycles. The number of aromatic nitrogens is 1. The molecule has 19 heavy (non-hydrogen) atoms. The van der Waals surface area contributed by atoms with Gasteiger partial charge in [-0.15, -0.1) is 0 Å². The van der Waals surface area contributed by atoms with Gasteiger partial charge < -0.3 is 0 Å². The van der Waals surface area contributed by atoms with Gasteiger partial charge in [-0.05, 0) is 44.2 Å². The molecule has 0 bridgehead atoms. The van der Waals surface area contributed by atoms with Crippen molar-refractivity contribution in [2.45, 2.75) is 13.8 Å². The molecule has 1 amide bonds. The Morgan fingerprint density at radius 3 is 2.42 bits per heavy atom. The Kier molecular flexibility index (Phi) is 3.71. The molecule has 2 rings (SSSR count). The second-order valence-electron chi connectivity index (χ2n) is 4.23. The molecule has 0 aliphatic carbocycles. The van der Waals surface area contributed by atoms with Crippen molar-refractivity contribution in [3.63, 3.8) is 0 Å². The summed E-state index contributed by atoms with van der Waals surface area (Å²) in [5.41, 5.74) is 5.31. The first-order valence-electron chi connectivity index (χ1n) is 5.74. The van der Waals surface area contributed by atoms with Gasteiger partial charge in [0.25, 0.3) is 5.91 Å². The van der Waals surface area contributed by atoms with Crippen LogP contribution in [0.5, 0.6) is 0 Å². The summed E-state index contributed by atoms with van der Waals surface area (Å²) in [6.45, 7) is 3.60. The van der Waals surface area contributed by atoms with Gasteiger partial charge in [-0.3, -0.25) is 19.7 Å². The van der Waals surface area contributed by atoms with Crippen LogP contribution in [0.3, 0.4) is 0 Å². The average Bonchev–Trinajstić information content (AvgIpc) is 2.67. The second kappa shape index (κ2) is 5.28. The Labute approximate surface area is 116 Å². The highest BCUT2D eigenvalue weighted by molar-refractivity contribution is 6.30. The summed E-state index contributed by atoms with van der Waals surface area (Å²) in [5.74, 6) is -0.254. The number of aldehydes is 1. The number of nitrogens with one attached hydrogen (secondary N) is 1. The Morgan fingerprint density at radius 1 is 1.26 bits per heavy atom. The lowest BCUT2D eigenvalue weighted by Gasteiger charge is -2.11. The topological polar surface area (TPSA) is 51.1 Å². The van der Waals surface area contributed by atoms with Crippen molar-refractivity contribution in [2.24, 2.45) is 0 Å². The predicted octanol–water partition coefficient (Wildman–Crippen LogP) is 2.95. The van der Waals surface area contributed by atoms with Crippen molar-refractivity contribution >= 4 is 23.8 Å². The summed E-state index contributed by atoms with van der Waals surface area (Å²) in [7, 11) is 0. The monoisotopic (exact) mass is 276 g/mol. The fraction of sp³-hybridized carbons (Fsp3) is 0.143. The van der Waals surface area contributed by atoms with E-state index in [1.807, 2.05) is 6.92 Å². The SMILES string of the molecule is Cc1cc(C=O)c(C)n1NC(=O)c1ccc(Cl)cc1. The average molecular weight is 277 g/mol. The smallest absolute Gasteiger partial charge is 0.270 e. The molecule has 0 unspecified atom stereocenters. The van der Waals surface area contributed by atoms with Crippen LogP contribution in [0.25, 0.3) is 0 Å². The van der Waals surface area contributed by atoms with Gasteiger partial charge in [-0.2, -0.15) is 0 Å². The van der Waals surface area contributed by atoms with Crippen molar-refractivity contribution in [1.82, 2.24) is 4.68 Å².